The van der Waals surface area contributed by atoms with Crippen molar-refractivity contribution in [3.63, 3.8) is 0 Å². The molecule has 0 spiro atoms. The summed E-state index contributed by atoms with van der Waals surface area (Å²) in [7, 11) is 0. The predicted octanol–water partition coefficient (Wildman–Crippen LogP) is 1.78. The molecular weight excluding hydrogens is 218 g/mol. The van der Waals surface area contributed by atoms with Gasteiger partial charge in [-0.2, -0.15) is 0 Å². The first-order chi connectivity index (χ1) is 7.73. The van der Waals surface area contributed by atoms with Gasteiger partial charge in [0.15, 0.2) is 0 Å². The maximum Gasteiger partial charge on any atom is 0.351 e. The number of hydrogen-bond donors (Lipinski definition) is 2. The Morgan fingerprint density at radius 3 is 2.24 bits per heavy atom. The maximum atomic E-state index is 11.3. The van der Waals surface area contributed by atoms with E-state index in [0.29, 0.717) is 0 Å². The minimum absolute atomic E-state index is 0.139. The molecule has 4 heteroatoms. The Kier molecular flexibility index (Phi) is 3.91. The third-order valence-corrected chi connectivity index (χ3v) is 2.16. The highest BCUT2D eigenvalue weighted by atomic mass is 16.6. The molecule has 0 fully saturated rings. The van der Waals surface area contributed by atoms with E-state index < -0.39 is 17.3 Å². The molecule has 1 aromatic carbocycles. The number of ether oxygens (including phenoxy) is 1. The van der Waals surface area contributed by atoms with Crippen molar-refractivity contribution < 1.29 is 14.6 Å². The van der Waals surface area contributed by atoms with Gasteiger partial charge in [-0.05, 0) is 26.3 Å². The number of aliphatic carboxylic acids is 1. The Hall–Kier alpha value is -1.39. The molecule has 0 amide bonds. The van der Waals surface area contributed by atoms with Crippen LogP contribution in [0.2, 0.25) is 0 Å². The van der Waals surface area contributed by atoms with Gasteiger partial charge in [0.05, 0.1) is 5.60 Å². The largest absolute Gasteiger partial charge is 0.478 e. The van der Waals surface area contributed by atoms with Crippen molar-refractivity contribution in [3.05, 3.63) is 35.9 Å². The molecule has 94 valence electrons. The summed E-state index contributed by atoms with van der Waals surface area (Å²) in [5.41, 5.74) is 4.37. The van der Waals surface area contributed by atoms with Crippen molar-refractivity contribution in [2.45, 2.75) is 38.5 Å². The van der Waals surface area contributed by atoms with Crippen molar-refractivity contribution in [3.8, 4) is 0 Å². The molecular formula is C13H19NO3. The molecule has 4 nitrogen and oxygen atoms in total. The zero-order valence-electron chi connectivity index (χ0n) is 10.4. The minimum atomic E-state index is -1.69. The van der Waals surface area contributed by atoms with Crippen molar-refractivity contribution in [1.29, 1.82) is 0 Å². The first-order valence-corrected chi connectivity index (χ1v) is 5.49. The number of carboxylic acid groups (broad SMARTS) is 1. The molecule has 1 rings (SSSR count). The van der Waals surface area contributed by atoms with Gasteiger partial charge in [-0.3, -0.25) is 5.73 Å². The fourth-order valence-corrected chi connectivity index (χ4v) is 1.60. The van der Waals surface area contributed by atoms with E-state index in [1.807, 2.05) is 30.3 Å². The second kappa shape index (κ2) is 4.85. The average Bonchev–Trinajstić information content (AvgIpc) is 2.15. The highest BCUT2D eigenvalue weighted by molar-refractivity contribution is 5.77. The van der Waals surface area contributed by atoms with E-state index in [2.05, 4.69) is 0 Å². The van der Waals surface area contributed by atoms with Crippen molar-refractivity contribution in [1.82, 2.24) is 0 Å². The van der Waals surface area contributed by atoms with E-state index in [4.69, 9.17) is 10.5 Å². The summed E-state index contributed by atoms with van der Waals surface area (Å²) >= 11 is 0. The van der Waals surface area contributed by atoms with Crippen LogP contribution in [0.1, 0.15) is 26.3 Å². The summed E-state index contributed by atoms with van der Waals surface area (Å²) in [6.07, 6.45) is 0.139. The van der Waals surface area contributed by atoms with Crippen LogP contribution in [0.5, 0.6) is 0 Å². The first kappa shape index (κ1) is 13.7. The van der Waals surface area contributed by atoms with Gasteiger partial charge >= 0.3 is 5.97 Å². The zero-order valence-corrected chi connectivity index (χ0v) is 10.4. The molecule has 0 heterocycles. The quantitative estimate of drug-likeness (QED) is 0.783. The lowest BCUT2D eigenvalue weighted by atomic mass is 10.0. The van der Waals surface area contributed by atoms with Crippen LogP contribution >= 0.6 is 0 Å². The van der Waals surface area contributed by atoms with Crippen LogP contribution in [-0.2, 0) is 16.0 Å². The Morgan fingerprint density at radius 2 is 1.82 bits per heavy atom. The topological polar surface area (TPSA) is 72.5 Å². The van der Waals surface area contributed by atoms with Gasteiger partial charge in [0.2, 0.25) is 5.72 Å². The second-order valence-corrected chi connectivity index (χ2v) is 5.07. The van der Waals surface area contributed by atoms with Crippen LogP contribution in [0.3, 0.4) is 0 Å². The fourth-order valence-electron chi connectivity index (χ4n) is 1.60. The zero-order chi connectivity index (χ0) is 13.1. The van der Waals surface area contributed by atoms with Crippen LogP contribution in [0.25, 0.3) is 0 Å². The highest BCUT2D eigenvalue weighted by Crippen LogP contribution is 2.20. The Labute approximate surface area is 101 Å². The van der Waals surface area contributed by atoms with Crippen molar-refractivity contribution >= 4 is 5.97 Å². The van der Waals surface area contributed by atoms with Crippen molar-refractivity contribution in [2.75, 3.05) is 0 Å². The van der Waals surface area contributed by atoms with Crippen LogP contribution in [0.4, 0.5) is 0 Å². The molecule has 0 aliphatic heterocycles. The van der Waals surface area contributed by atoms with Gasteiger partial charge in [-0.1, -0.05) is 30.3 Å². The van der Waals surface area contributed by atoms with Gasteiger partial charge in [0.1, 0.15) is 0 Å². The SMILES string of the molecule is CC(C)(C)O[C@](N)(Cc1ccccc1)C(=O)O. The van der Waals surface area contributed by atoms with Gasteiger partial charge in [-0.15, -0.1) is 0 Å². The van der Waals surface area contributed by atoms with Crippen LogP contribution < -0.4 is 5.73 Å². The first-order valence-electron chi connectivity index (χ1n) is 5.49. The van der Waals surface area contributed by atoms with E-state index in [9.17, 15) is 9.90 Å². The predicted molar refractivity (Wildman–Crippen MR) is 65.5 cm³/mol. The van der Waals surface area contributed by atoms with Crippen LogP contribution in [0.15, 0.2) is 30.3 Å². The Balaban J connectivity index is 2.90. The van der Waals surface area contributed by atoms with E-state index in [-0.39, 0.29) is 6.42 Å². The maximum absolute atomic E-state index is 11.3. The van der Waals surface area contributed by atoms with E-state index >= 15 is 0 Å². The highest BCUT2D eigenvalue weighted by Gasteiger charge is 2.39. The van der Waals surface area contributed by atoms with Gasteiger partial charge < -0.3 is 9.84 Å². The molecule has 0 saturated heterocycles. The van der Waals surface area contributed by atoms with E-state index in [0.717, 1.165) is 5.56 Å². The summed E-state index contributed by atoms with van der Waals surface area (Å²) in [5, 5.41) is 9.21. The Morgan fingerprint density at radius 1 is 1.29 bits per heavy atom. The third kappa shape index (κ3) is 4.17. The summed E-state index contributed by atoms with van der Waals surface area (Å²) in [6.45, 7) is 5.34. The standard InChI is InChI=1S/C13H19NO3/c1-12(2,3)17-13(14,11(15)16)9-10-7-5-4-6-8-10/h4-8H,9,14H2,1-3H3,(H,15,16)/t13-/m1/s1. The number of carboxylic acids is 1. The number of carbonyl (C=O) groups is 1. The van der Waals surface area contributed by atoms with E-state index in [1.165, 1.54) is 0 Å². The molecule has 1 atom stereocenters. The van der Waals surface area contributed by atoms with Gasteiger partial charge in [0.25, 0.3) is 0 Å². The lowest BCUT2D eigenvalue weighted by Gasteiger charge is -2.33. The number of hydrogen-bond acceptors (Lipinski definition) is 3. The second-order valence-electron chi connectivity index (χ2n) is 5.07. The third-order valence-electron chi connectivity index (χ3n) is 2.16. The van der Waals surface area contributed by atoms with E-state index in [1.54, 1.807) is 20.8 Å². The molecule has 3 N–H and O–H groups in total. The lowest BCUT2D eigenvalue weighted by molar-refractivity contribution is -0.183. The molecule has 0 aliphatic rings. The average molecular weight is 237 g/mol. The summed E-state index contributed by atoms with van der Waals surface area (Å²) in [4.78, 5) is 11.3. The van der Waals surface area contributed by atoms with Crippen LogP contribution in [-0.4, -0.2) is 22.4 Å². The summed E-state index contributed by atoms with van der Waals surface area (Å²) in [6, 6.07) is 9.21. The molecule has 1 aromatic rings. The number of rotatable bonds is 4. The summed E-state index contributed by atoms with van der Waals surface area (Å²) < 4.78 is 5.47. The molecule has 0 saturated carbocycles. The molecule has 17 heavy (non-hydrogen) atoms. The monoisotopic (exact) mass is 237 g/mol. The van der Waals surface area contributed by atoms with Gasteiger partial charge in [-0.25, -0.2) is 4.79 Å². The Bertz CT molecular complexity index is 383. The van der Waals surface area contributed by atoms with Gasteiger partial charge in [0, 0.05) is 6.42 Å². The molecule has 0 bridgehead atoms. The number of nitrogens with two attached hydrogens (primary N) is 1. The molecule has 0 radical (unpaired) electrons. The van der Waals surface area contributed by atoms with Crippen LogP contribution in [0, 0.1) is 0 Å². The number of benzene rings is 1. The normalized spacial score (nSPS) is 15.3. The molecule has 0 unspecified atom stereocenters. The van der Waals surface area contributed by atoms with Crippen molar-refractivity contribution in [2.24, 2.45) is 5.73 Å². The summed E-state index contributed by atoms with van der Waals surface area (Å²) in [5.74, 6) is -1.16. The molecule has 0 aliphatic carbocycles. The fraction of sp³-hybridized carbons (Fsp3) is 0.462. The minimum Gasteiger partial charge on any atom is -0.478 e. The smallest absolute Gasteiger partial charge is 0.351 e. The molecule has 0 aromatic heterocycles. The lowest BCUT2D eigenvalue weighted by Crippen LogP contribution is -2.55.